The molecule has 3 aromatic carbocycles. The summed E-state index contributed by atoms with van der Waals surface area (Å²) in [5, 5.41) is 6.61. The van der Waals surface area contributed by atoms with E-state index in [0.717, 1.165) is 5.56 Å². The molecule has 0 saturated carbocycles. The molecule has 178 valence electrons. The van der Waals surface area contributed by atoms with Gasteiger partial charge < -0.3 is 0 Å². The number of amides is 2. The second-order valence-electron chi connectivity index (χ2n) is 7.80. The van der Waals surface area contributed by atoms with Crippen LogP contribution in [0.2, 0.25) is 0 Å². The largest absolute Gasteiger partial charge is 0.290 e. The predicted octanol–water partition coefficient (Wildman–Crippen LogP) is 2.42. The molecule has 4 N–H and O–H groups in total. The third-order valence-corrected chi connectivity index (χ3v) is 6.65. The van der Waals surface area contributed by atoms with Crippen LogP contribution in [-0.4, -0.2) is 30.4 Å². The summed E-state index contributed by atoms with van der Waals surface area (Å²) in [4.78, 5) is 37.2. The van der Waals surface area contributed by atoms with Crippen LogP contribution in [0.25, 0.3) is 10.8 Å². The SMILES string of the molecule is Cc1ccc(NS(=O)(=O)c2ccc(C)c(C(=O)NNC(=O)c3n[nH]c(=O)c4ccccc34)c2)cc1. The number of aryl methyl sites for hydroxylation is 2. The van der Waals surface area contributed by atoms with Crippen LogP contribution < -0.4 is 21.1 Å². The fourth-order valence-corrected chi connectivity index (χ4v) is 4.46. The second kappa shape index (κ2) is 9.39. The van der Waals surface area contributed by atoms with Crippen molar-refractivity contribution in [2.45, 2.75) is 18.7 Å². The smallest absolute Gasteiger partial charge is 0.280 e. The molecule has 0 bridgehead atoms. The summed E-state index contributed by atoms with van der Waals surface area (Å²) in [5.41, 5.74) is 5.90. The predicted molar refractivity (Wildman–Crippen MR) is 130 cm³/mol. The highest BCUT2D eigenvalue weighted by molar-refractivity contribution is 7.92. The maximum Gasteiger partial charge on any atom is 0.290 e. The molecule has 4 rings (SSSR count). The van der Waals surface area contributed by atoms with E-state index in [2.05, 4.69) is 25.8 Å². The van der Waals surface area contributed by atoms with Crippen LogP contribution in [0, 0.1) is 13.8 Å². The Morgan fingerprint density at radius 2 is 1.51 bits per heavy atom. The van der Waals surface area contributed by atoms with E-state index in [-0.39, 0.29) is 21.5 Å². The van der Waals surface area contributed by atoms with E-state index in [9.17, 15) is 22.8 Å². The van der Waals surface area contributed by atoms with Crippen molar-refractivity contribution in [2.24, 2.45) is 0 Å². The quantitative estimate of drug-likeness (QED) is 0.315. The molecule has 0 unspecified atom stereocenters. The maximum atomic E-state index is 12.8. The van der Waals surface area contributed by atoms with Crippen molar-refractivity contribution in [3.8, 4) is 0 Å². The number of hydrogen-bond acceptors (Lipinski definition) is 6. The molecule has 0 aliphatic carbocycles. The van der Waals surface area contributed by atoms with Crippen LogP contribution in [0.1, 0.15) is 32.0 Å². The minimum absolute atomic E-state index is 0.0522. The Morgan fingerprint density at radius 3 is 2.23 bits per heavy atom. The van der Waals surface area contributed by atoms with E-state index in [0.29, 0.717) is 16.6 Å². The molecule has 1 aromatic heterocycles. The maximum absolute atomic E-state index is 12.8. The van der Waals surface area contributed by atoms with Crippen molar-refractivity contribution >= 4 is 38.3 Å². The minimum Gasteiger partial charge on any atom is -0.280 e. The summed E-state index contributed by atoms with van der Waals surface area (Å²) in [6.45, 7) is 3.52. The molecule has 0 spiro atoms. The Bertz CT molecular complexity index is 1610. The lowest BCUT2D eigenvalue weighted by atomic mass is 10.1. The Balaban J connectivity index is 1.53. The van der Waals surface area contributed by atoms with Crippen LogP contribution >= 0.6 is 0 Å². The van der Waals surface area contributed by atoms with Crippen molar-refractivity contribution < 1.29 is 18.0 Å². The molecule has 0 aliphatic heterocycles. The van der Waals surface area contributed by atoms with Crippen LogP contribution in [0.5, 0.6) is 0 Å². The molecule has 10 nitrogen and oxygen atoms in total. The number of H-pyrrole nitrogens is 1. The van der Waals surface area contributed by atoms with Crippen molar-refractivity contribution in [2.75, 3.05) is 4.72 Å². The topological polar surface area (TPSA) is 150 Å². The van der Waals surface area contributed by atoms with E-state index < -0.39 is 27.4 Å². The Morgan fingerprint density at radius 1 is 0.857 bits per heavy atom. The first-order chi connectivity index (χ1) is 16.7. The highest BCUT2D eigenvalue weighted by atomic mass is 32.2. The van der Waals surface area contributed by atoms with Crippen LogP contribution in [0.4, 0.5) is 5.69 Å². The molecular weight excluding hydrogens is 470 g/mol. The van der Waals surface area contributed by atoms with E-state index in [1.807, 2.05) is 6.92 Å². The number of hydrogen-bond donors (Lipinski definition) is 4. The number of hydrazine groups is 1. The van der Waals surface area contributed by atoms with Gasteiger partial charge in [0.15, 0.2) is 5.69 Å². The number of sulfonamides is 1. The summed E-state index contributed by atoms with van der Waals surface area (Å²) in [7, 11) is -3.96. The number of rotatable bonds is 5. The Hall–Kier alpha value is -4.51. The van der Waals surface area contributed by atoms with Gasteiger partial charge >= 0.3 is 0 Å². The van der Waals surface area contributed by atoms with Gasteiger partial charge in [-0.3, -0.25) is 30.0 Å². The van der Waals surface area contributed by atoms with E-state index in [4.69, 9.17) is 0 Å². The van der Waals surface area contributed by atoms with Crippen molar-refractivity contribution in [1.82, 2.24) is 21.0 Å². The second-order valence-corrected chi connectivity index (χ2v) is 9.49. The fraction of sp³-hybridized carbons (Fsp3) is 0.0833. The van der Waals surface area contributed by atoms with Gasteiger partial charge in [-0.25, -0.2) is 13.5 Å². The van der Waals surface area contributed by atoms with Gasteiger partial charge in [-0.05, 0) is 49.7 Å². The van der Waals surface area contributed by atoms with E-state index in [1.165, 1.54) is 18.2 Å². The molecule has 4 aromatic rings. The number of carbonyl (C=O) groups excluding carboxylic acids is 2. The van der Waals surface area contributed by atoms with Gasteiger partial charge in [0.1, 0.15) is 0 Å². The average Bonchev–Trinajstić information content (AvgIpc) is 2.84. The first kappa shape index (κ1) is 23.6. The number of fused-ring (bicyclic) bond motifs is 1. The molecule has 0 atom stereocenters. The van der Waals surface area contributed by atoms with Crippen molar-refractivity contribution in [1.29, 1.82) is 0 Å². The van der Waals surface area contributed by atoms with E-state index >= 15 is 0 Å². The first-order valence-corrected chi connectivity index (χ1v) is 11.9. The van der Waals surface area contributed by atoms with Gasteiger partial charge in [0.25, 0.3) is 27.4 Å². The summed E-state index contributed by atoms with van der Waals surface area (Å²) in [6, 6.07) is 17.3. The molecule has 2 amide bonds. The monoisotopic (exact) mass is 491 g/mol. The first-order valence-electron chi connectivity index (χ1n) is 10.4. The number of nitrogens with one attached hydrogen (secondary N) is 4. The highest BCUT2D eigenvalue weighted by Crippen LogP contribution is 2.20. The highest BCUT2D eigenvalue weighted by Gasteiger charge is 2.20. The minimum atomic E-state index is -3.96. The van der Waals surface area contributed by atoms with Gasteiger partial charge in [-0.2, -0.15) is 5.10 Å². The van der Waals surface area contributed by atoms with Crippen LogP contribution in [0.3, 0.4) is 0 Å². The molecule has 1 heterocycles. The molecule has 11 heteroatoms. The van der Waals surface area contributed by atoms with Gasteiger partial charge in [0.05, 0.1) is 10.3 Å². The molecule has 0 fully saturated rings. The third kappa shape index (κ3) is 5.04. The Labute approximate surface area is 200 Å². The van der Waals surface area contributed by atoms with Crippen molar-refractivity contribution in [3.63, 3.8) is 0 Å². The van der Waals surface area contributed by atoms with Gasteiger partial charge in [-0.1, -0.05) is 42.0 Å². The van der Waals surface area contributed by atoms with Crippen LogP contribution in [-0.2, 0) is 10.0 Å². The molecule has 35 heavy (non-hydrogen) atoms. The number of carbonyl (C=O) groups is 2. The number of benzene rings is 3. The van der Waals surface area contributed by atoms with E-state index in [1.54, 1.807) is 55.5 Å². The normalized spacial score (nSPS) is 11.1. The lowest BCUT2D eigenvalue weighted by Crippen LogP contribution is -2.42. The van der Waals surface area contributed by atoms with Gasteiger partial charge in [-0.15, -0.1) is 0 Å². The van der Waals surface area contributed by atoms with Crippen LogP contribution in [0.15, 0.2) is 76.4 Å². The van der Waals surface area contributed by atoms with Crippen molar-refractivity contribution in [3.05, 3.63) is 99.5 Å². The third-order valence-electron chi connectivity index (χ3n) is 5.27. The molecule has 0 radical (unpaired) electrons. The summed E-state index contributed by atoms with van der Waals surface area (Å²) in [6.07, 6.45) is 0. The zero-order chi connectivity index (χ0) is 25.2. The zero-order valence-electron chi connectivity index (χ0n) is 18.7. The fourth-order valence-electron chi connectivity index (χ4n) is 3.38. The number of aromatic amines is 1. The zero-order valence-corrected chi connectivity index (χ0v) is 19.6. The summed E-state index contributed by atoms with van der Waals surface area (Å²) < 4.78 is 28.1. The lowest BCUT2D eigenvalue weighted by molar-refractivity contribution is 0.0844. The summed E-state index contributed by atoms with van der Waals surface area (Å²) in [5.74, 6) is -1.48. The Kier molecular flexibility index (Phi) is 6.34. The number of aromatic nitrogens is 2. The molecule has 0 aliphatic rings. The van der Waals surface area contributed by atoms with Gasteiger partial charge in [0.2, 0.25) is 0 Å². The molecule has 0 saturated heterocycles. The number of anilines is 1. The lowest BCUT2D eigenvalue weighted by Gasteiger charge is -2.12. The average molecular weight is 492 g/mol. The summed E-state index contributed by atoms with van der Waals surface area (Å²) >= 11 is 0. The number of nitrogens with zero attached hydrogens (tertiary/aromatic N) is 1. The molecular formula is C24H21N5O5S. The standard InChI is InChI=1S/C24H21N5O5S/c1-14-7-10-16(11-8-14)29-35(33,34)17-12-9-15(2)20(13-17)23(31)27-28-24(32)21-18-5-3-4-6-19(18)22(30)26-25-21/h3-13,29H,1-2H3,(H,26,30)(H,27,31)(H,28,32). The van der Waals surface area contributed by atoms with Gasteiger partial charge in [0, 0.05) is 16.6 Å².